The Bertz CT molecular complexity index is 1180. The van der Waals surface area contributed by atoms with Crippen molar-refractivity contribution >= 4 is 17.6 Å². The van der Waals surface area contributed by atoms with Gasteiger partial charge < -0.3 is 15.5 Å². The van der Waals surface area contributed by atoms with Crippen LogP contribution in [0.1, 0.15) is 83.3 Å². The van der Waals surface area contributed by atoms with Crippen molar-refractivity contribution in [3.63, 3.8) is 0 Å². The number of amides is 1. The van der Waals surface area contributed by atoms with Crippen LogP contribution in [0.15, 0.2) is 40.5 Å². The number of carbonyl (C=O) groups excluding carboxylic acids is 1. The second-order valence-electron chi connectivity index (χ2n) is 11.3. The average molecular weight is 561 g/mol. The van der Waals surface area contributed by atoms with Gasteiger partial charge in [0.05, 0.1) is 17.1 Å². The summed E-state index contributed by atoms with van der Waals surface area (Å²) in [5.74, 6) is 4.60. The maximum atomic E-state index is 13.3. The maximum Gasteiger partial charge on any atom is 0.416 e. The molecule has 1 aromatic rings. The molecule has 0 saturated heterocycles. The van der Waals surface area contributed by atoms with Crippen molar-refractivity contribution in [2.75, 3.05) is 6.54 Å². The van der Waals surface area contributed by atoms with Gasteiger partial charge in [-0.1, -0.05) is 25.0 Å². The van der Waals surface area contributed by atoms with E-state index in [4.69, 9.17) is 4.99 Å². The Morgan fingerprint density at radius 3 is 2.27 bits per heavy atom. The molecule has 0 spiro atoms. The fourth-order valence-electron chi connectivity index (χ4n) is 5.28. The van der Waals surface area contributed by atoms with Gasteiger partial charge in [-0.15, -0.1) is 0 Å². The van der Waals surface area contributed by atoms with Crippen molar-refractivity contribution in [2.45, 2.75) is 90.3 Å². The summed E-state index contributed by atoms with van der Waals surface area (Å²) in [6.45, 7) is 5.54. The molecule has 1 saturated carbocycles. The fourth-order valence-corrected chi connectivity index (χ4v) is 5.28. The number of aliphatic carboxylic acids is 1. The monoisotopic (exact) mass is 560 g/mol. The molecule has 1 aromatic carbocycles. The van der Waals surface area contributed by atoms with E-state index in [1.165, 1.54) is 12.1 Å². The van der Waals surface area contributed by atoms with Crippen molar-refractivity contribution in [1.82, 2.24) is 5.32 Å². The lowest BCUT2D eigenvalue weighted by Gasteiger charge is -2.26. The number of hydrogen-bond donors (Lipinski definition) is 3. The Morgan fingerprint density at radius 1 is 1.07 bits per heavy atom. The van der Waals surface area contributed by atoms with Gasteiger partial charge >= 0.3 is 12.1 Å². The van der Waals surface area contributed by atoms with Crippen molar-refractivity contribution in [3.05, 3.63) is 46.7 Å². The van der Waals surface area contributed by atoms with Crippen LogP contribution in [-0.4, -0.2) is 39.9 Å². The molecule has 1 amide bonds. The second-order valence-corrected chi connectivity index (χ2v) is 11.3. The van der Waals surface area contributed by atoms with Crippen LogP contribution in [0.4, 0.5) is 13.2 Å². The highest BCUT2D eigenvalue weighted by Gasteiger charge is 2.30. The molecule has 2 aliphatic rings. The predicted octanol–water partition coefficient (Wildman–Crippen LogP) is 5.93. The lowest BCUT2D eigenvalue weighted by molar-refractivity contribution is -0.143. The van der Waals surface area contributed by atoms with Crippen LogP contribution >= 0.6 is 0 Å². The van der Waals surface area contributed by atoms with Gasteiger partial charge in [0.1, 0.15) is 11.3 Å². The first-order valence-electron chi connectivity index (χ1n) is 14.0. The third-order valence-corrected chi connectivity index (χ3v) is 7.69. The van der Waals surface area contributed by atoms with Crippen LogP contribution in [0.2, 0.25) is 0 Å². The van der Waals surface area contributed by atoms with E-state index >= 15 is 0 Å². The molecule has 9 heteroatoms. The Kier molecular flexibility index (Phi) is 10.6. The zero-order valence-electron chi connectivity index (χ0n) is 23.4. The van der Waals surface area contributed by atoms with E-state index in [2.05, 4.69) is 17.2 Å². The number of aliphatic imine (C=N–C) groups is 1. The molecule has 1 fully saturated rings. The number of nitrogens with zero attached hydrogens (tertiary/aromatic N) is 1. The standard InChI is InChI=1S/C31H39F3N2O4/c1-4-26-22(10-5-20-8-14-24(15-9-20)31(32,33)34)13-16-25(27(36-26)17-18-30(2,3)40)28(37)35-19-21-6-11-23(12-7-21)29(38)39/h8-9,14-15,21-23,40H,4-7,10-13,16,19H2,1-3H3,(H,35,37)(H,38,39)/t21-,22?,23-. The fraction of sp³-hybridized carbons (Fsp3) is 0.581. The molecular weight excluding hydrogens is 521 g/mol. The molecule has 0 bridgehead atoms. The SMILES string of the molecule is CCC1=NC(C#CC(C)(C)O)=C(C(=O)NC[C@H]2CC[C@H](C(=O)O)CC2)CCC1CCc1ccc(C(F)(F)F)cc1. The number of carboxylic acids is 1. The summed E-state index contributed by atoms with van der Waals surface area (Å²) in [4.78, 5) is 29.4. The summed E-state index contributed by atoms with van der Waals surface area (Å²) in [6, 6.07) is 5.20. The minimum absolute atomic E-state index is 0.0304. The number of nitrogens with one attached hydrogen (secondary N) is 1. The van der Waals surface area contributed by atoms with Crippen LogP contribution in [-0.2, 0) is 22.2 Å². The number of aryl methyl sites for hydroxylation is 1. The normalized spacial score (nSPS) is 22.1. The molecule has 1 unspecified atom stereocenters. The molecular formula is C31H39F3N2O4. The van der Waals surface area contributed by atoms with Gasteiger partial charge in [0.15, 0.2) is 0 Å². The van der Waals surface area contributed by atoms with Crippen LogP contribution < -0.4 is 5.32 Å². The average Bonchev–Trinajstić information content (AvgIpc) is 3.08. The molecule has 1 aliphatic heterocycles. The van der Waals surface area contributed by atoms with Crippen molar-refractivity contribution in [1.29, 1.82) is 0 Å². The van der Waals surface area contributed by atoms with E-state index in [1.807, 2.05) is 6.92 Å². The maximum absolute atomic E-state index is 13.3. The van der Waals surface area contributed by atoms with Crippen LogP contribution in [0.3, 0.4) is 0 Å². The summed E-state index contributed by atoms with van der Waals surface area (Å²) in [5, 5.41) is 22.4. The molecule has 218 valence electrons. The number of alkyl halides is 3. The highest BCUT2D eigenvalue weighted by atomic mass is 19.4. The molecule has 1 heterocycles. The van der Waals surface area contributed by atoms with E-state index in [0.717, 1.165) is 36.2 Å². The van der Waals surface area contributed by atoms with Gasteiger partial charge in [0.25, 0.3) is 0 Å². The lowest BCUT2D eigenvalue weighted by atomic mass is 9.82. The third kappa shape index (κ3) is 9.22. The van der Waals surface area contributed by atoms with Gasteiger partial charge in [0, 0.05) is 12.3 Å². The number of hydrogen-bond acceptors (Lipinski definition) is 4. The smallest absolute Gasteiger partial charge is 0.416 e. The zero-order valence-corrected chi connectivity index (χ0v) is 23.4. The van der Waals surface area contributed by atoms with Gasteiger partial charge in [0.2, 0.25) is 5.91 Å². The van der Waals surface area contributed by atoms with Gasteiger partial charge in [-0.25, -0.2) is 4.99 Å². The number of aliphatic hydroxyl groups is 1. The van der Waals surface area contributed by atoms with E-state index in [1.54, 1.807) is 13.8 Å². The molecule has 0 aromatic heterocycles. The highest BCUT2D eigenvalue weighted by molar-refractivity contribution is 5.97. The summed E-state index contributed by atoms with van der Waals surface area (Å²) < 4.78 is 38.8. The molecule has 1 aliphatic carbocycles. The minimum atomic E-state index is -4.37. The lowest BCUT2D eigenvalue weighted by Crippen LogP contribution is -2.33. The number of carboxylic acid groups (broad SMARTS) is 1. The second kappa shape index (κ2) is 13.5. The van der Waals surface area contributed by atoms with Crippen molar-refractivity contribution < 1.29 is 33.0 Å². The first-order chi connectivity index (χ1) is 18.8. The van der Waals surface area contributed by atoms with Crippen molar-refractivity contribution in [2.24, 2.45) is 22.7 Å². The van der Waals surface area contributed by atoms with E-state index in [9.17, 15) is 33.0 Å². The van der Waals surface area contributed by atoms with Gasteiger partial charge in [-0.05, 0) is 107 Å². The summed E-state index contributed by atoms with van der Waals surface area (Å²) in [6.07, 6.45) is 1.27. The first kappa shape index (κ1) is 31.4. The predicted molar refractivity (Wildman–Crippen MR) is 147 cm³/mol. The Labute approximate surface area is 234 Å². The Balaban J connectivity index is 1.73. The Morgan fingerprint density at radius 2 is 1.73 bits per heavy atom. The molecule has 3 N–H and O–H groups in total. The summed E-state index contributed by atoms with van der Waals surface area (Å²) in [7, 11) is 0. The summed E-state index contributed by atoms with van der Waals surface area (Å²) in [5.41, 5.74) is 0.529. The van der Waals surface area contributed by atoms with Gasteiger partial charge in [-0.2, -0.15) is 13.2 Å². The molecule has 3 rings (SSSR count). The highest BCUT2D eigenvalue weighted by Crippen LogP contribution is 2.32. The number of halogens is 3. The zero-order chi connectivity index (χ0) is 29.5. The number of allylic oxidation sites excluding steroid dienone is 1. The number of rotatable bonds is 8. The first-order valence-corrected chi connectivity index (χ1v) is 14.0. The number of carbonyl (C=O) groups is 2. The number of benzene rings is 1. The van der Waals surface area contributed by atoms with Crippen molar-refractivity contribution in [3.8, 4) is 11.8 Å². The van der Waals surface area contributed by atoms with E-state index in [-0.39, 0.29) is 23.7 Å². The molecule has 40 heavy (non-hydrogen) atoms. The van der Waals surface area contributed by atoms with E-state index in [0.29, 0.717) is 62.8 Å². The topological polar surface area (TPSA) is 99.0 Å². The largest absolute Gasteiger partial charge is 0.481 e. The Hall–Kier alpha value is -3.12. The third-order valence-electron chi connectivity index (χ3n) is 7.69. The summed E-state index contributed by atoms with van der Waals surface area (Å²) >= 11 is 0. The van der Waals surface area contributed by atoms with Crippen LogP contribution in [0.5, 0.6) is 0 Å². The van der Waals surface area contributed by atoms with Gasteiger partial charge in [-0.3, -0.25) is 9.59 Å². The van der Waals surface area contributed by atoms with Crippen LogP contribution in [0.25, 0.3) is 0 Å². The quantitative estimate of drug-likeness (QED) is 0.343. The van der Waals surface area contributed by atoms with Crippen LogP contribution in [0, 0.1) is 29.6 Å². The minimum Gasteiger partial charge on any atom is -0.481 e. The molecule has 6 nitrogen and oxygen atoms in total. The molecule has 1 atom stereocenters. The van der Waals surface area contributed by atoms with E-state index < -0.39 is 23.3 Å². The molecule has 0 radical (unpaired) electrons.